The van der Waals surface area contributed by atoms with Crippen LogP contribution in [0.2, 0.25) is 0 Å². The van der Waals surface area contributed by atoms with Crippen LogP contribution in [0.5, 0.6) is 11.5 Å². The zero-order chi connectivity index (χ0) is 15.5. The van der Waals surface area contributed by atoms with Gasteiger partial charge in [0.2, 0.25) is 0 Å². The molecule has 118 valence electrons. The molecule has 0 radical (unpaired) electrons. The van der Waals surface area contributed by atoms with E-state index in [1.165, 1.54) is 5.56 Å². The standard InChI is InChI=1S/C18H23NO3/c1-19-7-6-18(12-8-13(17(18)19)14(20)9-12)11-4-5-15(21-2)16(10-11)22-3/h4-5,10,12-13,17H,6-9H2,1-3H3/t12-,13+,17-,18-/m1/s1. The molecule has 22 heavy (non-hydrogen) atoms. The predicted octanol–water partition coefficient (Wildman–Crippen LogP) is 2.25. The van der Waals surface area contributed by atoms with Crippen molar-refractivity contribution in [3.63, 3.8) is 0 Å². The Labute approximate surface area is 131 Å². The van der Waals surface area contributed by atoms with E-state index in [-0.39, 0.29) is 11.3 Å². The first-order valence-electron chi connectivity index (χ1n) is 8.07. The molecule has 4 rings (SSSR count). The summed E-state index contributed by atoms with van der Waals surface area (Å²) >= 11 is 0. The van der Waals surface area contributed by atoms with Crippen LogP contribution in [0.25, 0.3) is 0 Å². The molecule has 3 fully saturated rings. The van der Waals surface area contributed by atoms with Crippen molar-refractivity contribution < 1.29 is 14.3 Å². The smallest absolute Gasteiger partial charge is 0.161 e. The van der Waals surface area contributed by atoms with Gasteiger partial charge in [-0.25, -0.2) is 0 Å². The second-order valence-electron chi connectivity index (χ2n) is 7.00. The van der Waals surface area contributed by atoms with Gasteiger partial charge in [0.25, 0.3) is 0 Å². The van der Waals surface area contributed by atoms with Crippen LogP contribution in [0.1, 0.15) is 24.8 Å². The van der Waals surface area contributed by atoms with Crippen molar-refractivity contribution >= 4 is 5.78 Å². The Bertz CT molecular complexity index is 629. The van der Waals surface area contributed by atoms with Crippen LogP contribution in [0.15, 0.2) is 18.2 Å². The molecule has 2 bridgehead atoms. The van der Waals surface area contributed by atoms with Gasteiger partial charge < -0.3 is 14.4 Å². The van der Waals surface area contributed by atoms with Gasteiger partial charge in [0.15, 0.2) is 11.5 Å². The third kappa shape index (κ3) is 1.59. The fraction of sp³-hybridized carbons (Fsp3) is 0.611. The number of likely N-dealkylation sites (tertiary alicyclic amines) is 1. The fourth-order valence-corrected chi connectivity index (χ4v) is 5.44. The van der Waals surface area contributed by atoms with Crippen molar-refractivity contribution in [1.29, 1.82) is 0 Å². The average Bonchev–Trinajstić information content (AvgIpc) is 3.17. The number of carbonyl (C=O) groups is 1. The topological polar surface area (TPSA) is 38.8 Å². The first kappa shape index (κ1) is 14.1. The fourth-order valence-electron chi connectivity index (χ4n) is 5.44. The van der Waals surface area contributed by atoms with Gasteiger partial charge in [0, 0.05) is 23.8 Å². The van der Waals surface area contributed by atoms with Gasteiger partial charge in [0.05, 0.1) is 14.2 Å². The Morgan fingerprint density at radius 1 is 1.23 bits per heavy atom. The van der Waals surface area contributed by atoms with E-state index >= 15 is 0 Å². The maximum Gasteiger partial charge on any atom is 0.161 e. The normalized spacial score (nSPS) is 36.7. The van der Waals surface area contributed by atoms with Crippen molar-refractivity contribution in [2.75, 3.05) is 27.8 Å². The molecule has 4 nitrogen and oxygen atoms in total. The van der Waals surface area contributed by atoms with Crippen LogP contribution in [0.3, 0.4) is 0 Å². The molecule has 0 amide bonds. The Morgan fingerprint density at radius 3 is 2.73 bits per heavy atom. The van der Waals surface area contributed by atoms with Crippen LogP contribution in [0, 0.1) is 11.8 Å². The molecular formula is C18H23NO3. The van der Waals surface area contributed by atoms with E-state index in [1.807, 2.05) is 6.07 Å². The van der Waals surface area contributed by atoms with E-state index < -0.39 is 0 Å². The Morgan fingerprint density at radius 2 is 2.00 bits per heavy atom. The summed E-state index contributed by atoms with van der Waals surface area (Å²) in [5.41, 5.74) is 1.44. The number of benzene rings is 1. The summed E-state index contributed by atoms with van der Waals surface area (Å²) in [7, 11) is 5.52. The number of likely N-dealkylation sites (N-methyl/N-ethyl adjacent to an activating group) is 1. The molecule has 0 N–H and O–H groups in total. The molecule has 1 aromatic rings. The summed E-state index contributed by atoms with van der Waals surface area (Å²) in [6, 6.07) is 6.68. The minimum atomic E-state index is 0.118. The zero-order valence-electron chi connectivity index (χ0n) is 13.5. The van der Waals surface area contributed by atoms with Crippen LogP contribution in [-0.2, 0) is 10.2 Å². The highest BCUT2D eigenvalue weighted by atomic mass is 16.5. The SMILES string of the molecule is COc1ccc([C@@]23CCN(C)[C@@H]2[C@H]2C[C@@H]3CC2=O)cc1OC. The monoisotopic (exact) mass is 301 g/mol. The van der Waals surface area contributed by atoms with Gasteiger partial charge in [-0.2, -0.15) is 0 Å². The van der Waals surface area contributed by atoms with Crippen molar-refractivity contribution in [1.82, 2.24) is 4.90 Å². The van der Waals surface area contributed by atoms with Crippen molar-refractivity contribution in [2.24, 2.45) is 11.8 Å². The Kier molecular flexibility index (Phi) is 3.02. The second kappa shape index (κ2) is 4.72. The highest BCUT2D eigenvalue weighted by Crippen LogP contribution is 2.61. The lowest BCUT2D eigenvalue weighted by Gasteiger charge is -2.41. The number of nitrogens with zero attached hydrogens (tertiary/aromatic N) is 1. The highest BCUT2D eigenvalue weighted by molar-refractivity contribution is 5.86. The molecule has 4 heteroatoms. The number of ketones is 1. The van der Waals surface area contributed by atoms with E-state index in [9.17, 15) is 4.79 Å². The molecule has 0 aromatic heterocycles. The molecule has 1 heterocycles. The number of fused-ring (bicyclic) bond motifs is 5. The lowest BCUT2D eigenvalue weighted by molar-refractivity contribution is -0.124. The summed E-state index contributed by atoms with van der Waals surface area (Å²) in [6.45, 7) is 1.07. The summed E-state index contributed by atoms with van der Waals surface area (Å²) in [6.07, 6.45) is 2.95. The molecule has 3 aliphatic rings. The van der Waals surface area contributed by atoms with Crippen molar-refractivity contribution in [3.8, 4) is 11.5 Å². The summed E-state index contributed by atoms with van der Waals surface area (Å²) in [5.74, 6) is 2.74. The summed E-state index contributed by atoms with van der Waals surface area (Å²) in [4.78, 5) is 14.7. The van der Waals surface area contributed by atoms with E-state index in [0.29, 0.717) is 17.7 Å². The first-order valence-corrected chi connectivity index (χ1v) is 8.07. The highest BCUT2D eigenvalue weighted by Gasteiger charge is 2.65. The minimum absolute atomic E-state index is 0.118. The quantitative estimate of drug-likeness (QED) is 0.858. The number of hydrogen-bond acceptors (Lipinski definition) is 4. The lowest BCUT2D eigenvalue weighted by atomic mass is 9.65. The Balaban J connectivity index is 1.82. The Hall–Kier alpha value is -1.55. The maximum absolute atomic E-state index is 12.2. The molecule has 1 saturated heterocycles. The van der Waals surface area contributed by atoms with Gasteiger partial charge >= 0.3 is 0 Å². The number of Topliss-reactive ketones (excluding diaryl/α,β-unsaturated/α-hetero) is 1. The van der Waals surface area contributed by atoms with Gasteiger partial charge in [-0.1, -0.05) is 6.07 Å². The number of rotatable bonds is 3. The van der Waals surface area contributed by atoms with Gasteiger partial charge in [-0.05, 0) is 50.0 Å². The number of hydrogen-bond donors (Lipinski definition) is 0. The molecule has 1 aliphatic heterocycles. The summed E-state index contributed by atoms with van der Waals surface area (Å²) in [5, 5.41) is 0. The first-order chi connectivity index (χ1) is 10.6. The van der Waals surface area contributed by atoms with Crippen molar-refractivity contribution in [2.45, 2.75) is 30.7 Å². The minimum Gasteiger partial charge on any atom is -0.493 e. The number of methoxy groups -OCH3 is 2. The molecule has 1 aromatic carbocycles. The van der Waals surface area contributed by atoms with Gasteiger partial charge in [-0.3, -0.25) is 4.79 Å². The average molecular weight is 301 g/mol. The largest absolute Gasteiger partial charge is 0.493 e. The van der Waals surface area contributed by atoms with E-state index in [2.05, 4.69) is 24.1 Å². The van der Waals surface area contributed by atoms with Crippen LogP contribution in [-0.4, -0.2) is 44.5 Å². The molecule has 2 saturated carbocycles. The number of ether oxygens (including phenoxy) is 2. The third-order valence-corrected chi connectivity index (χ3v) is 6.31. The van der Waals surface area contributed by atoms with E-state index in [4.69, 9.17) is 9.47 Å². The third-order valence-electron chi connectivity index (χ3n) is 6.31. The van der Waals surface area contributed by atoms with Crippen LogP contribution in [0.4, 0.5) is 0 Å². The molecule has 2 aliphatic carbocycles. The molecular weight excluding hydrogens is 278 g/mol. The molecule has 0 spiro atoms. The van der Waals surface area contributed by atoms with Crippen LogP contribution >= 0.6 is 0 Å². The van der Waals surface area contributed by atoms with Crippen molar-refractivity contribution in [3.05, 3.63) is 23.8 Å². The zero-order valence-corrected chi connectivity index (χ0v) is 13.5. The van der Waals surface area contributed by atoms with E-state index in [1.54, 1.807) is 14.2 Å². The van der Waals surface area contributed by atoms with Gasteiger partial charge in [0.1, 0.15) is 5.78 Å². The van der Waals surface area contributed by atoms with Gasteiger partial charge in [-0.15, -0.1) is 0 Å². The lowest BCUT2D eigenvalue weighted by Crippen LogP contribution is -2.48. The number of carbonyl (C=O) groups excluding carboxylic acids is 1. The summed E-state index contributed by atoms with van der Waals surface area (Å²) < 4.78 is 10.9. The molecule has 4 atom stereocenters. The maximum atomic E-state index is 12.2. The predicted molar refractivity (Wildman–Crippen MR) is 83.5 cm³/mol. The van der Waals surface area contributed by atoms with Crippen LogP contribution < -0.4 is 9.47 Å². The van der Waals surface area contributed by atoms with E-state index in [0.717, 1.165) is 37.3 Å². The molecule has 0 unspecified atom stereocenters. The second-order valence-corrected chi connectivity index (χ2v) is 7.00.